The molecule has 2 heterocycles. The number of anilines is 1. The Labute approximate surface area is 174 Å². The molecule has 28 heavy (non-hydrogen) atoms. The molecule has 0 amide bonds. The molecule has 0 aliphatic rings. The third-order valence-electron chi connectivity index (χ3n) is 3.96. The SMILES string of the molecule is CC(C)(C)c1ccc(S(=O)(=O)Nc2cc(Cl)cnc2Sc2ccncc2)cc1. The molecular formula is C20H20ClN3O2S2. The lowest BCUT2D eigenvalue weighted by Gasteiger charge is -2.19. The van der Waals surface area contributed by atoms with Crippen molar-refractivity contribution in [1.29, 1.82) is 0 Å². The summed E-state index contributed by atoms with van der Waals surface area (Å²) in [6.45, 7) is 6.24. The number of sulfonamides is 1. The number of nitrogens with zero attached hydrogens (tertiary/aromatic N) is 2. The second kappa shape index (κ2) is 8.11. The Balaban J connectivity index is 1.90. The van der Waals surface area contributed by atoms with Crippen LogP contribution in [0, 0.1) is 0 Å². The highest BCUT2D eigenvalue weighted by molar-refractivity contribution is 7.99. The number of pyridine rings is 2. The lowest BCUT2D eigenvalue weighted by molar-refractivity contribution is 0.587. The zero-order valence-electron chi connectivity index (χ0n) is 15.7. The van der Waals surface area contributed by atoms with Gasteiger partial charge in [-0.1, -0.05) is 56.3 Å². The van der Waals surface area contributed by atoms with Crippen LogP contribution in [0.3, 0.4) is 0 Å². The maximum atomic E-state index is 12.9. The van der Waals surface area contributed by atoms with E-state index in [1.807, 2.05) is 24.3 Å². The Morgan fingerprint density at radius 3 is 2.29 bits per heavy atom. The highest BCUT2D eigenvalue weighted by atomic mass is 35.5. The van der Waals surface area contributed by atoms with Crippen LogP contribution in [0.1, 0.15) is 26.3 Å². The average molecular weight is 434 g/mol. The molecule has 2 aromatic heterocycles. The minimum Gasteiger partial charge on any atom is -0.277 e. The molecule has 0 radical (unpaired) electrons. The van der Waals surface area contributed by atoms with Gasteiger partial charge in [0.15, 0.2) is 0 Å². The van der Waals surface area contributed by atoms with Crippen LogP contribution in [0.25, 0.3) is 0 Å². The van der Waals surface area contributed by atoms with E-state index in [2.05, 4.69) is 35.5 Å². The van der Waals surface area contributed by atoms with Crippen molar-refractivity contribution in [2.75, 3.05) is 4.72 Å². The summed E-state index contributed by atoms with van der Waals surface area (Å²) in [5, 5.41) is 0.852. The molecule has 0 saturated carbocycles. The van der Waals surface area contributed by atoms with Gasteiger partial charge >= 0.3 is 0 Å². The topological polar surface area (TPSA) is 72.0 Å². The number of halogens is 1. The van der Waals surface area contributed by atoms with Gasteiger partial charge in [0.05, 0.1) is 15.6 Å². The molecule has 3 rings (SSSR count). The monoisotopic (exact) mass is 433 g/mol. The zero-order valence-corrected chi connectivity index (χ0v) is 18.1. The van der Waals surface area contributed by atoms with Crippen LogP contribution in [0.2, 0.25) is 5.02 Å². The lowest BCUT2D eigenvalue weighted by Crippen LogP contribution is -2.15. The fourth-order valence-electron chi connectivity index (χ4n) is 2.44. The van der Waals surface area contributed by atoms with Gasteiger partial charge in [0.25, 0.3) is 10.0 Å². The van der Waals surface area contributed by atoms with Crippen molar-refractivity contribution >= 4 is 39.1 Å². The number of rotatable bonds is 5. The van der Waals surface area contributed by atoms with Crippen LogP contribution in [0.5, 0.6) is 0 Å². The first-order valence-electron chi connectivity index (χ1n) is 8.52. The molecule has 0 fully saturated rings. The van der Waals surface area contributed by atoms with Gasteiger partial charge in [-0.05, 0) is 41.3 Å². The Bertz CT molecular complexity index is 1060. The van der Waals surface area contributed by atoms with Gasteiger partial charge in [0.2, 0.25) is 0 Å². The Morgan fingerprint density at radius 2 is 1.68 bits per heavy atom. The number of benzene rings is 1. The standard InChI is InChI=1S/C20H20ClN3O2S2/c1-20(2,3)14-4-6-17(7-5-14)28(25,26)24-18-12-15(21)13-23-19(18)27-16-8-10-22-11-9-16/h4-13,24H,1-3H3. The van der Waals surface area contributed by atoms with Crippen LogP contribution in [0.4, 0.5) is 5.69 Å². The van der Waals surface area contributed by atoms with Gasteiger partial charge in [0.1, 0.15) is 5.03 Å². The fraction of sp³-hybridized carbons (Fsp3) is 0.200. The van der Waals surface area contributed by atoms with Crippen molar-refractivity contribution < 1.29 is 8.42 Å². The van der Waals surface area contributed by atoms with Crippen LogP contribution in [-0.4, -0.2) is 18.4 Å². The molecule has 0 aliphatic carbocycles. The largest absolute Gasteiger partial charge is 0.277 e. The van der Waals surface area contributed by atoms with Crippen molar-refractivity contribution in [3.05, 3.63) is 71.6 Å². The van der Waals surface area contributed by atoms with E-state index in [0.29, 0.717) is 15.7 Å². The van der Waals surface area contributed by atoms with E-state index >= 15 is 0 Å². The van der Waals surface area contributed by atoms with Crippen molar-refractivity contribution in [3.8, 4) is 0 Å². The summed E-state index contributed by atoms with van der Waals surface area (Å²) in [5.41, 5.74) is 1.33. The molecule has 3 aromatic rings. The maximum absolute atomic E-state index is 12.9. The molecular weight excluding hydrogens is 414 g/mol. The predicted octanol–water partition coefficient (Wildman–Crippen LogP) is 5.38. The summed E-state index contributed by atoms with van der Waals surface area (Å²) >= 11 is 7.38. The molecule has 0 bridgehead atoms. The molecule has 1 aromatic carbocycles. The van der Waals surface area contributed by atoms with E-state index < -0.39 is 10.0 Å². The van der Waals surface area contributed by atoms with Crippen molar-refractivity contribution in [2.45, 2.75) is 41.0 Å². The molecule has 1 N–H and O–H groups in total. The highest BCUT2D eigenvalue weighted by Gasteiger charge is 2.20. The van der Waals surface area contributed by atoms with E-state index in [0.717, 1.165) is 10.5 Å². The van der Waals surface area contributed by atoms with Crippen molar-refractivity contribution in [3.63, 3.8) is 0 Å². The second-order valence-corrected chi connectivity index (χ2v) is 10.4. The summed E-state index contributed by atoms with van der Waals surface area (Å²) in [4.78, 5) is 9.33. The average Bonchev–Trinajstić information content (AvgIpc) is 2.64. The summed E-state index contributed by atoms with van der Waals surface area (Å²) in [6.07, 6.45) is 4.82. The van der Waals surface area contributed by atoms with E-state index in [9.17, 15) is 8.42 Å². The minimum atomic E-state index is -3.78. The van der Waals surface area contributed by atoms with Gasteiger partial charge < -0.3 is 0 Å². The van der Waals surface area contributed by atoms with E-state index in [1.54, 1.807) is 30.6 Å². The molecule has 5 nitrogen and oxygen atoms in total. The molecule has 0 spiro atoms. The Morgan fingerprint density at radius 1 is 1.04 bits per heavy atom. The maximum Gasteiger partial charge on any atom is 0.261 e. The quantitative estimate of drug-likeness (QED) is 0.584. The van der Waals surface area contributed by atoms with Crippen LogP contribution >= 0.6 is 23.4 Å². The summed E-state index contributed by atoms with van der Waals surface area (Å²) in [7, 11) is -3.78. The van der Waals surface area contributed by atoms with Gasteiger partial charge in [-0.15, -0.1) is 0 Å². The van der Waals surface area contributed by atoms with Crippen molar-refractivity contribution in [1.82, 2.24) is 9.97 Å². The zero-order chi connectivity index (χ0) is 20.4. The minimum absolute atomic E-state index is 0.0546. The van der Waals surface area contributed by atoms with Crippen molar-refractivity contribution in [2.24, 2.45) is 0 Å². The third kappa shape index (κ3) is 5.04. The van der Waals surface area contributed by atoms with E-state index in [-0.39, 0.29) is 10.3 Å². The van der Waals surface area contributed by atoms with Crippen LogP contribution in [-0.2, 0) is 15.4 Å². The van der Waals surface area contributed by atoms with E-state index in [4.69, 9.17) is 11.6 Å². The number of hydrogen-bond donors (Lipinski definition) is 1. The number of nitrogens with one attached hydrogen (secondary N) is 1. The van der Waals surface area contributed by atoms with Crippen LogP contribution < -0.4 is 4.72 Å². The normalized spacial score (nSPS) is 12.0. The summed E-state index contributed by atoms with van der Waals surface area (Å²) in [6, 6.07) is 12.1. The van der Waals surface area contributed by atoms with Gasteiger partial charge in [-0.3, -0.25) is 9.71 Å². The smallest absolute Gasteiger partial charge is 0.261 e. The van der Waals surface area contributed by atoms with Gasteiger partial charge in [-0.25, -0.2) is 13.4 Å². The highest BCUT2D eigenvalue weighted by Crippen LogP contribution is 2.34. The van der Waals surface area contributed by atoms with Gasteiger partial charge in [0, 0.05) is 23.5 Å². The molecule has 0 aliphatic heterocycles. The van der Waals surface area contributed by atoms with E-state index in [1.165, 1.54) is 18.0 Å². The first-order chi connectivity index (χ1) is 13.1. The lowest BCUT2D eigenvalue weighted by atomic mass is 9.87. The number of aromatic nitrogens is 2. The third-order valence-corrected chi connectivity index (χ3v) is 6.57. The Kier molecular flexibility index (Phi) is 5.98. The predicted molar refractivity (Wildman–Crippen MR) is 114 cm³/mol. The fourth-order valence-corrected chi connectivity index (χ4v) is 4.52. The first kappa shape index (κ1) is 20.6. The molecule has 146 valence electrons. The molecule has 0 unspecified atom stereocenters. The first-order valence-corrected chi connectivity index (χ1v) is 11.2. The van der Waals surface area contributed by atoms with Gasteiger partial charge in [-0.2, -0.15) is 0 Å². The summed E-state index contributed by atoms with van der Waals surface area (Å²) < 4.78 is 28.4. The second-order valence-electron chi connectivity index (χ2n) is 7.17. The number of hydrogen-bond acceptors (Lipinski definition) is 5. The molecule has 0 saturated heterocycles. The molecule has 8 heteroatoms. The molecule has 0 atom stereocenters. The summed E-state index contributed by atoms with van der Waals surface area (Å²) in [5.74, 6) is 0. The Hall–Kier alpha value is -2.09. The van der Waals surface area contributed by atoms with Crippen LogP contribution in [0.15, 0.2) is 75.9 Å².